The molecule has 1 heteroatoms. The summed E-state index contributed by atoms with van der Waals surface area (Å²) in [6.45, 7) is 12.5. The molecule has 70 valence electrons. The van der Waals surface area contributed by atoms with Crippen molar-refractivity contribution in [2.24, 2.45) is 0 Å². The van der Waals surface area contributed by atoms with E-state index >= 15 is 0 Å². The van der Waals surface area contributed by atoms with Gasteiger partial charge in [-0.25, -0.2) is 0 Å². The molecule has 0 aromatic carbocycles. The van der Waals surface area contributed by atoms with Crippen molar-refractivity contribution in [2.75, 3.05) is 0 Å². The SMILES string of the molecule is C=C(C)c1c(C)sc(/C=C\C)c1C. The molecule has 0 aliphatic carbocycles. The van der Waals surface area contributed by atoms with Crippen LogP contribution in [0.15, 0.2) is 12.7 Å². The molecule has 0 bridgehead atoms. The van der Waals surface area contributed by atoms with E-state index in [0.29, 0.717) is 0 Å². The second-order valence-electron chi connectivity index (χ2n) is 3.30. The van der Waals surface area contributed by atoms with E-state index in [2.05, 4.69) is 46.4 Å². The molecule has 1 aromatic rings. The van der Waals surface area contributed by atoms with Crippen molar-refractivity contribution in [2.45, 2.75) is 27.7 Å². The third-order valence-corrected chi connectivity index (χ3v) is 3.28. The summed E-state index contributed by atoms with van der Waals surface area (Å²) in [6.07, 6.45) is 4.25. The molecule has 0 saturated heterocycles. The molecular weight excluding hydrogens is 176 g/mol. The summed E-state index contributed by atoms with van der Waals surface area (Å²) in [5.41, 5.74) is 3.88. The predicted octanol–water partition coefficient (Wildman–Crippen LogP) is 4.43. The summed E-state index contributed by atoms with van der Waals surface area (Å²) in [7, 11) is 0. The molecule has 1 heterocycles. The first-order chi connectivity index (χ1) is 6.07. The first-order valence-electron chi connectivity index (χ1n) is 4.46. The van der Waals surface area contributed by atoms with E-state index in [-0.39, 0.29) is 0 Å². The van der Waals surface area contributed by atoms with E-state index in [1.54, 1.807) is 0 Å². The highest BCUT2D eigenvalue weighted by atomic mass is 32.1. The first-order valence-corrected chi connectivity index (χ1v) is 5.28. The van der Waals surface area contributed by atoms with Gasteiger partial charge in [0.15, 0.2) is 0 Å². The van der Waals surface area contributed by atoms with E-state index in [1.165, 1.54) is 26.5 Å². The molecule has 0 saturated carbocycles. The van der Waals surface area contributed by atoms with E-state index in [9.17, 15) is 0 Å². The molecule has 0 atom stereocenters. The molecule has 0 radical (unpaired) electrons. The smallest absolute Gasteiger partial charge is 0.0305 e. The maximum Gasteiger partial charge on any atom is 0.0305 e. The number of thiophene rings is 1. The quantitative estimate of drug-likeness (QED) is 0.650. The van der Waals surface area contributed by atoms with Gasteiger partial charge in [-0.2, -0.15) is 0 Å². The van der Waals surface area contributed by atoms with Crippen LogP contribution in [0.1, 0.15) is 34.7 Å². The van der Waals surface area contributed by atoms with Crippen molar-refractivity contribution in [3.63, 3.8) is 0 Å². The zero-order valence-corrected chi connectivity index (χ0v) is 9.59. The Bertz CT molecular complexity index is 353. The highest BCUT2D eigenvalue weighted by Crippen LogP contribution is 2.32. The van der Waals surface area contributed by atoms with Crippen LogP contribution in [0.3, 0.4) is 0 Å². The van der Waals surface area contributed by atoms with Gasteiger partial charge in [-0.15, -0.1) is 11.3 Å². The summed E-state index contributed by atoms with van der Waals surface area (Å²) in [5.74, 6) is 0. The van der Waals surface area contributed by atoms with Crippen molar-refractivity contribution in [1.82, 2.24) is 0 Å². The summed E-state index contributed by atoms with van der Waals surface area (Å²) in [5, 5.41) is 0. The number of hydrogen-bond donors (Lipinski definition) is 0. The van der Waals surface area contributed by atoms with Gasteiger partial charge >= 0.3 is 0 Å². The molecule has 1 rings (SSSR count). The van der Waals surface area contributed by atoms with Gasteiger partial charge in [-0.3, -0.25) is 0 Å². The van der Waals surface area contributed by atoms with Crippen molar-refractivity contribution >= 4 is 23.0 Å². The summed E-state index contributed by atoms with van der Waals surface area (Å²) in [6, 6.07) is 0. The van der Waals surface area contributed by atoms with E-state index in [0.717, 1.165) is 0 Å². The molecule has 0 amide bonds. The molecule has 0 spiro atoms. The normalized spacial score (nSPS) is 11.1. The third kappa shape index (κ3) is 1.92. The monoisotopic (exact) mass is 192 g/mol. The second-order valence-corrected chi connectivity index (χ2v) is 4.56. The van der Waals surface area contributed by atoms with Crippen molar-refractivity contribution < 1.29 is 0 Å². The molecule has 0 nitrogen and oxygen atoms in total. The van der Waals surface area contributed by atoms with Gasteiger partial charge in [0.1, 0.15) is 0 Å². The van der Waals surface area contributed by atoms with Crippen LogP contribution in [0.25, 0.3) is 11.6 Å². The minimum Gasteiger partial charge on any atom is -0.140 e. The molecule has 13 heavy (non-hydrogen) atoms. The standard InChI is InChI=1S/C12H16S/c1-6-7-11-9(4)12(8(2)3)10(5)13-11/h6-7H,2H2,1,3-5H3/b7-6-. The van der Waals surface area contributed by atoms with Crippen LogP contribution < -0.4 is 0 Å². The van der Waals surface area contributed by atoms with Crippen LogP contribution in [0.4, 0.5) is 0 Å². The average molecular weight is 192 g/mol. The lowest BCUT2D eigenvalue weighted by molar-refractivity contribution is 1.42. The summed E-state index contributed by atoms with van der Waals surface area (Å²) in [4.78, 5) is 2.73. The highest BCUT2D eigenvalue weighted by molar-refractivity contribution is 7.13. The zero-order chi connectivity index (χ0) is 10.0. The van der Waals surface area contributed by atoms with Crippen LogP contribution in [0.2, 0.25) is 0 Å². The van der Waals surface area contributed by atoms with Gasteiger partial charge < -0.3 is 0 Å². The summed E-state index contributed by atoms with van der Waals surface area (Å²) < 4.78 is 0. The van der Waals surface area contributed by atoms with Gasteiger partial charge in [-0.1, -0.05) is 12.7 Å². The Morgan fingerprint density at radius 2 is 2.00 bits per heavy atom. The predicted molar refractivity (Wildman–Crippen MR) is 63.2 cm³/mol. The number of aryl methyl sites for hydroxylation is 1. The molecule has 0 unspecified atom stereocenters. The Hall–Kier alpha value is -0.820. The maximum absolute atomic E-state index is 4.00. The van der Waals surface area contributed by atoms with Gasteiger partial charge in [0.25, 0.3) is 0 Å². The maximum atomic E-state index is 4.00. The lowest BCUT2D eigenvalue weighted by Crippen LogP contribution is -1.81. The molecule has 0 N–H and O–H groups in total. The summed E-state index contributed by atoms with van der Waals surface area (Å²) >= 11 is 1.85. The van der Waals surface area contributed by atoms with Crippen LogP contribution >= 0.6 is 11.3 Å². The topological polar surface area (TPSA) is 0 Å². The highest BCUT2D eigenvalue weighted by Gasteiger charge is 2.09. The molecular formula is C12H16S. The first kappa shape index (κ1) is 10.3. The van der Waals surface area contributed by atoms with Gasteiger partial charge in [0.2, 0.25) is 0 Å². The number of allylic oxidation sites excluding steroid dienone is 2. The largest absolute Gasteiger partial charge is 0.140 e. The van der Waals surface area contributed by atoms with Gasteiger partial charge in [0, 0.05) is 9.75 Å². The number of rotatable bonds is 2. The van der Waals surface area contributed by atoms with E-state index in [1.807, 2.05) is 11.3 Å². The fourth-order valence-corrected chi connectivity index (χ4v) is 2.83. The fourth-order valence-electron chi connectivity index (χ4n) is 1.61. The Labute approximate surface area is 84.6 Å². The number of hydrogen-bond acceptors (Lipinski definition) is 1. The van der Waals surface area contributed by atoms with Crippen molar-refractivity contribution in [1.29, 1.82) is 0 Å². The Morgan fingerprint density at radius 3 is 2.38 bits per heavy atom. The van der Waals surface area contributed by atoms with Crippen LogP contribution in [0, 0.1) is 13.8 Å². The fraction of sp³-hybridized carbons (Fsp3) is 0.333. The van der Waals surface area contributed by atoms with Crippen molar-refractivity contribution in [3.05, 3.63) is 33.5 Å². The minimum atomic E-state index is 1.17. The van der Waals surface area contributed by atoms with Gasteiger partial charge in [0.05, 0.1) is 0 Å². The van der Waals surface area contributed by atoms with E-state index < -0.39 is 0 Å². The van der Waals surface area contributed by atoms with Gasteiger partial charge in [-0.05, 0) is 50.5 Å². The molecule has 0 aliphatic rings. The average Bonchev–Trinajstić information content (AvgIpc) is 2.28. The second kappa shape index (κ2) is 3.93. The third-order valence-electron chi connectivity index (χ3n) is 2.10. The Balaban J connectivity index is 3.30. The zero-order valence-electron chi connectivity index (χ0n) is 8.77. The Morgan fingerprint density at radius 1 is 1.38 bits per heavy atom. The lowest BCUT2D eigenvalue weighted by Gasteiger charge is -1.99. The minimum absolute atomic E-state index is 1.17. The van der Waals surface area contributed by atoms with Crippen molar-refractivity contribution in [3.8, 4) is 0 Å². The van der Waals surface area contributed by atoms with Crippen LogP contribution in [-0.2, 0) is 0 Å². The molecule has 0 aliphatic heterocycles. The molecule has 1 aromatic heterocycles. The van der Waals surface area contributed by atoms with E-state index in [4.69, 9.17) is 0 Å². The Kier molecular flexibility index (Phi) is 3.10. The molecule has 0 fully saturated rings. The van der Waals surface area contributed by atoms with Crippen LogP contribution in [0.5, 0.6) is 0 Å². The lowest BCUT2D eigenvalue weighted by atomic mass is 10.0. The van der Waals surface area contributed by atoms with Crippen LogP contribution in [-0.4, -0.2) is 0 Å².